The number of imidazole rings is 1. The van der Waals surface area contributed by atoms with Crippen molar-refractivity contribution in [2.75, 3.05) is 20.2 Å². The average Bonchev–Trinajstić information content (AvgIpc) is 3.05. The molecular weight excluding hydrogens is 316 g/mol. The second-order valence-electron chi connectivity index (χ2n) is 5.53. The van der Waals surface area contributed by atoms with Crippen LogP contribution in [0, 0.1) is 0 Å². The van der Waals surface area contributed by atoms with Crippen molar-refractivity contribution < 1.29 is 9.53 Å². The van der Waals surface area contributed by atoms with Crippen molar-refractivity contribution in [1.82, 2.24) is 19.8 Å². The number of methoxy groups -OCH3 is 1. The number of nitrogens with zero attached hydrogens (tertiary/aromatic N) is 3. The first kappa shape index (κ1) is 18.3. The molecule has 0 aliphatic carbocycles. The Morgan fingerprint density at radius 1 is 1.32 bits per heavy atom. The first-order chi connectivity index (χ1) is 12.1. The SMILES string of the molecule is C=CCN(CC=C)C(=O)NC(c1ccc(OC)cc1)c1nccn1C. The second-order valence-corrected chi connectivity index (χ2v) is 5.53. The molecular formula is C19H24N4O2. The third-order valence-corrected chi connectivity index (χ3v) is 3.82. The maximum Gasteiger partial charge on any atom is 0.318 e. The van der Waals surface area contributed by atoms with Gasteiger partial charge >= 0.3 is 6.03 Å². The van der Waals surface area contributed by atoms with Crippen LogP contribution < -0.4 is 10.1 Å². The van der Waals surface area contributed by atoms with Crippen molar-refractivity contribution in [2.45, 2.75) is 6.04 Å². The molecule has 6 nitrogen and oxygen atoms in total. The number of ether oxygens (including phenoxy) is 1. The number of aryl methyl sites for hydroxylation is 1. The minimum Gasteiger partial charge on any atom is -0.497 e. The van der Waals surface area contributed by atoms with E-state index in [1.54, 1.807) is 30.4 Å². The molecule has 0 bridgehead atoms. The topological polar surface area (TPSA) is 59.4 Å². The molecule has 2 aromatic rings. The van der Waals surface area contributed by atoms with Crippen molar-refractivity contribution in [1.29, 1.82) is 0 Å². The Balaban J connectivity index is 2.31. The van der Waals surface area contributed by atoms with Gasteiger partial charge in [-0.25, -0.2) is 9.78 Å². The van der Waals surface area contributed by atoms with Crippen LogP contribution in [0.1, 0.15) is 17.4 Å². The summed E-state index contributed by atoms with van der Waals surface area (Å²) in [5.74, 6) is 1.50. The summed E-state index contributed by atoms with van der Waals surface area (Å²) < 4.78 is 7.10. The van der Waals surface area contributed by atoms with E-state index in [-0.39, 0.29) is 12.1 Å². The number of benzene rings is 1. The molecule has 1 aromatic carbocycles. The third kappa shape index (κ3) is 4.50. The number of nitrogens with one attached hydrogen (secondary N) is 1. The number of carbonyl (C=O) groups excluding carboxylic acids is 1. The second kappa shape index (κ2) is 8.73. The predicted molar refractivity (Wildman–Crippen MR) is 98.5 cm³/mol. The van der Waals surface area contributed by atoms with Crippen LogP contribution in [0.15, 0.2) is 62.0 Å². The molecule has 1 N–H and O–H groups in total. The molecule has 1 unspecified atom stereocenters. The van der Waals surface area contributed by atoms with Gasteiger partial charge in [-0.1, -0.05) is 24.3 Å². The Morgan fingerprint density at radius 2 is 1.96 bits per heavy atom. The van der Waals surface area contributed by atoms with E-state index >= 15 is 0 Å². The Kier molecular flexibility index (Phi) is 6.39. The van der Waals surface area contributed by atoms with E-state index in [1.165, 1.54) is 0 Å². The molecule has 2 amide bonds. The molecule has 132 valence electrons. The Morgan fingerprint density at radius 3 is 2.44 bits per heavy atom. The summed E-state index contributed by atoms with van der Waals surface area (Å²) in [6, 6.07) is 6.98. The highest BCUT2D eigenvalue weighted by Crippen LogP contribution is 2.23. The van der Waals surface area contributed by atoms with Gasteiger partial charge < -0.3 is 19.5 Å². The van der Waals surface area contributed by atoms with Gasteiger partial charge in [-0.15, -0.1) is 13.2 Å². The van der Waals surface area contributed by atoms with Crippen molar-refractivity contribution in [2.24, 2.45) is 7.05 Å². The fourth-order valence-electron chi connectivity index (χ4n) is 2.52. The summed E-state index contributed by atoms with van der Waals surface area (Å²) in [5, 5.41) is 3.05. The average molecular weight is 340 g/mol. The first-order valence-corrected chi connectivity index (χ1v) is 7.99. The Labute approximate surface area is 148 Å². The Hall–Kier alpha value is -3.02. The van der Waals surface area contributed by atoms with E-state index in [2.05, 4.69) is 23.5 Å². The number of urea groups is 1. The molecule has 0 radical (unpaired) electrons. The van der Waals surface area contributed by atoms with Gasteiger partial charge in [0.25, 0.3) is 0 Å². The quantitative estimate of drug-likeness (QED) is 0.752. The van der Waals surface area contributed by atoms with E-state index < -0.39 is 0 Å². The molecule has 1 heterocycles. The number of amides is 2. The van der Waals surface area contributed by atoms with Gasteiger partial charge in [0, 0.05) is 32.5 Å². The van der Waals surface area contributed by atoms with Crippen LogP contribution in [-0.2, 0) is 7.05 Å². The van der Waals surface area contributed by atoms with E-state index in [1.807, 2.05) is 42.1 Å². The molecule has 6 heteroatoms. The smallest absolute Gasteiger partial charge is 0.318 e. The van der Waals surface area contributed by atoms with Gasteiger partial charge in [0.1, 0.15) is 17.6 Å². The monoisotopic (exact) mass is 340 g/mol. The predicted octanol–water partition coefficient (Wildman–Crippen LogP) is 2.90. The fourth-order valence-corrected chi connectivity index (χ4v) is 2.52. The van der Waals surface area contributed by atoms with Crippen LogP contribution in [-0.4, -0.2) is 40.7 Å². The molecule has 0 aliphatic heterocycles. The van der Waals surface area contributed by atoms with E-state index in [0.29, 0.717) is 13.1 Å². The lowest BCUT2D eigenvalue weighted by Gasteiger charge is -2.25. The minimum atomic E-state index is -0.379. The number of hydrogen-bond acceptors (Lipinski definition) is 3. The molecule has 25 heavy (non-hydrogen) atoms. The molecule has 1 atom stereocenters. The van der Waals surface area contributed by atoms with Gasteiger partial charge in [0.05, 0.1) is 7.11 Å². The lowest BCUT2D eigenvalue weighted by atomic mass is 10.1. The summed E-state index contributed by atoms with van der Waals surface area (Å²) >= 11 is 0. The van der Waals surface area contributed by atoms with Crippen LogP contribution in [0.3, 0.4) is 0 Å². The fraction of sp³-hybridized carbons (Fsp3) is 0.263. The van der Waals surface area contributed by atoms with Crippen molar-refractivity contribution >= 4 is 6.03 Å². The molecule has 1 aromatic heterocycles. The first-order valence-electron chi connectivity index (χ1n) is 7.99. The van der Waals surface area contributed by atoms with Gasteiger partial charge in [-0.2, -0.15) is 0 Å². The number of carbonyl (C=O) groups is 1. The van der Waals surface area contributed by atoms with Gasteiger partial charge in [-0.05, 0) is 17.7 Å². The van der Waals surface area contributed by atoms with Crippen LogP contribution in [0.5, 0.6) is 5.75 Å². The summed E-state index contributed by atoms with van der Waals surface area (Å²) in [7, 11) is 3.52. The van der Waals surface area contributed by atoms with Crippen molar-refractivity contribution in [3.63, 3.8) is 0 Å². The minimum absolute atomic E-state index is 0.205. The highest BCUT2D eigenvalue weighted by Gasteiger charge is 2.23. The largest absolute Gasteiger partial charge is 0.497 e. The molecule has 0 aliphatic rings. The lowest BCUT2D eigenvalue weighted by Crippen LogP contribution is -2.42. The maximum absolute atomic E-state index is 12.7. The number of hydrogen-bond donors (Lipinski definition) is 1. The molecule has 2 rings (SSSR count). The van der Waals surface area contributed by atoms with Crippen LogP contribution in [0.4, 0.5) is 4.79 Å². The molecule has 0 spiro atoms. The van der Waals surface area contributed by atoms with E-state index in [4.69, 9.17) is 4.74 Å². The van der Waals surface area contributed by atoms with Crippen LogP contribution >= 0.6 is 0 Å². The molecule has 0 saturated heterocycles. The van der Waals surface area contributed by atoms with Gasteiger partial charge in [0.15, 0.2) is 0 Å². The molecule has 0 saturated carbocycles. The Bertz CT molecular complexity index is 711. The van der Waals surface area contributed by atoms with Crippen molar-refractivity contribution in [3.8, 4) is 5.75 Å². The maximum atomic E-state index is 12.7. The zero-order valence-electron chi connectivity index (χ0n) is 14.7. The van der Waals surface area contributed by atoms with Gasteiger partial charge in [0.2, 0.25) is 0 Å². The van der Waals surface area contributed by atoms with E-state index in [9.17, 15) is 4.79 Å². The zero-order valence-corrected chi connectivity index (χ0v) is 14.7. The summed E-state index contributed by atoms with van der Waals surface area (Å²) in [6.07, 6.45) is 6.94. The number of rotatable bonds is 8. The van der Waals surface area contributed by atoms with Crippen LogP contribution in [0.25, 0.3) is 0 Å². The van der Waals surface area contributed by atoms with Crippen LogP contribution in [0.2, 0.25) is 0 Å². The zero-order chi connectivity index (χ0) is 18.2. The van der Waals surface area contributed by atoms with E-state index in [0.717, 1.165) is 17.1 Å². The lowest BCUT2D eigenvalue weighted by molar-refractivity contribution is 0.205. The number of aromatic nitrogens is 2. The van der Waals surface area contributed by atoms with Crippen molar-refractivity contribution in [3.05, 3.63) is 73.4 Å². The van der Waals surface area contributed by atoms with Gasteiger partial charge in [-0.3, -0.25) is 0 Å². The molecule has 0 fully saturated rings. The highest BCUT2D eigenvalue weighted by molar-refractivity contribution is 5.75. The summed E-state index contributed by atoms with van der Waals surface area (Å²) in [5.41, 5.74) is 0.917. The standard InChI is InChI=1S/C19H24N4O2/c1-5-12-23(13-6-2)19(24)21-17(18-20-11-14-22(18)3)15-7-9-16(25-4)10-8-15/h5-11,14,17H,1-2,12-13H2,3-4H3,(H,21,24). The highest BCUT2D eigenvalue weighted by atomic mass is 16.5. The summed E-state index contributed by atoms with van der Waals surface area (Å²) in [4.78, 5) is 18.7. The normalized spacial score (nSPS) is 11.4. The summed E-state index contributed by atoms with van der Waals surface area (Å²) in [6.45, 7) is 8.27. The third-order valence-electron chi connectivity index (χ3n) is 3.82.